The quantitative estimate of drug-likeness (QED) is 0.803. The molecule has 0 aliphatic carbocycles. The van der Waals surface area contributed by atoms with Crippen LogP contribution in [0.1, 0.15) is 23.6 Å². The molecule has 2 N–H and O–H groups in total. The maximum atomic E-state index is 12.6. The molecule has 0 saturated carbocycles. The average Bonchev–Trinajstić information content (AvgIpc) is 2.96. The first-order valence-electron chi connectivity index (χ1n) is 5.94. The van der Waals surface area contributed by atoms with E-state index in [1.165, 1.54) is 6.07 Å². The molecule has 0 amide bonds. The topological polar surface area (TPSA) is 27.8 Å². The molecule has 1 aromatic carbocycles. The van der Waals surface area contributed by atoms with Crippen LogP contribution in [-0.2, 0) is 6.18 Å². The number of aromatic nitrogens is 1. The highest BCUT2D eigenvalue weighted by molar-refractivity contribution is 5.81. The lowest BCUT2D eigenvalue weighted by Gasteiger charge is -2.08. The normalized spacial score (nSPS) is 20.7. The van der Waals surface area contributed by atoms with Crippen molar-refractivity contribution in [1.29, 1.82) is 0 Å². The van der Waals surface area contributed by atoms with Gasteiger partial charge in [0.2, 0.25) is 0 Å². The molecule has 2 heterocycles. The van der Waals surface area contributed by atoms with Crippen LogP contribution in [0.4, 0.5) is 13.2 Å². The third-order valence-corrected chi connectivity index (χ3v) is 3.48. The van der Waals surface area contributed by atoms with Crippen molar-refractivity contribution in [2.24, 2.45) is 0 Å². The second-order valence-electron chi connectivity index (χ2n) is 4.72. The van der Waals surface area contributed by atoms with E-state index in [0.717, 1.165) is 25.1 Å². The summed E-state index contributed by atoms with van der Waals surface area (Å²) in [6.07, 6.45) is -3.27. The average molecular weight is 254 g/mol. The van der Waals surface area contributed by atoms with E-state index in [0.29, 0.717) is 16.8 Å². The monoisotopic (exact) mass is 254 g/mol. The van der Waals surface area contributed by atoms with Gasteiger partial charge in [0, 0.05) is 17.4 Å². The second-order valence-corrected chi connectivity index (χ2v) is 4.72. The lowest BCUT2D eigenvalue weighted by Crippen LogP contribution is -2.07. The molecule has 1 atom stereocenters. The number of nitrogens with one attached hydrogen (secondary N) is 2. The summed E-state index contributed by atoms with van der Waals surface area (Å²) in [5.41, 5.74) is 0.969. The van der Waals surface area contributed by atoms with Gasteiger partial charge in [0.05, 0.1) is 0 Å². The number of halogens is 3. The summed E-state index contributed by atoms with van der Waals surface area (Å²) < 4.78 is 37.8. The fraction of sp³-hybridized carbons (Fsp3) is 0.385. The van der Waals surface area contributed by atoms with E-state index in [4.69, 9.17) is 0 Å². The van der Waals surface area contributed by atoms with E-state index < -0.39 is 11.9 Å². The molecule has 0 bridgehead atoms. The molecule has 5 heteroatoms. The molecule has 3 rings (SSSR count). The van der Waals surface area contributed by atoms with E-state index in [9.17, 15) is 13.2 Å². The van der Waals surface area contributed by atoms with Crippen LogP contribution in [0.5, 0.6) is 0 Å². The molecule has 1 aliphatic heterocycles. The molecule has 2 aromatic rings. The number of alkyl halides is 3. The summed E-state index contributed by atoms with van der Waals surface area (Å²) in [5.74, 6) is 0.415. The lowest BCUT2D eigenvalue weighted by atomic mass is 9.97. The SMILES string of the molecule is FC(F)(F)c1cc2cc(C3CCNC3)ccc2[nH]1. The predicted molar refractivity (Wildman–Crippen MR) is 63.5 cm³/mol. The van der Waals surface area contributed by atoms with E-state index in [-0.39, 0.29) is 0 Å². The number of H-pyrrole nitrogens is 1. The van der Waals surface area contributed by atoms with Crippen LogP contribution in [0.2, 0.25) is 0 Å². The van der Waals surface area contributed by atoms with Gasteiger partial charge in [-0.3, -0.25) is 0 Å². The minimum atomic E-state index is -4.31. The molecule has 96 valence electrons. The van der Waals surface area contributed by atoms with Gasteiger partial charge in [0.15, 0.2) is 0 Å². The Labute approximate surface area is 102 Å². The molecule has 1 unspecified atom stereocenters. The van der Waals surface area contributed by atoms with Crippen LogP contribution >= 0.6 is 0 Å². The number of aromatic amines is 1. The summed E-state index contributed by atoms with van der Waals surface area (Å²) in [4.78, 5) is 2.41. The second kappa shape index (κ2) is 4.02. The van der Waals surface area contributed by atoms with E-state index in [1.807, 2.05) is 12.1 Å². The third-order valence-electron chi connectivity index (χ3n) is 3.48. The van der Waals surface area contributed by atoms with Crippen molar-refractivity contribution in [3.8, 4) is 0 Å². The summed E-state index contributed by atoms with van der Waals surface area (Å²) >= 11 is 0. The van der Waals surface area contributed by atoms with Gasteiger partial charge in [-0.05, 0) is 42.6 Å². The first-order chi connectivity index (χ1) is 8.54. The van der Waals surface area contributed by atoms with Gasteiger partial charge in [-0.15, -0.1) is 0 Å². The molecule has 1 aromatic heterocycles. The van der Waals surface area contributed by atoms with Crippen LogP contribution in [0, 0.1) is 0 Å². The largest absolute Gasteiger partial charge is 0.431 e. The number of rotatable bonds is 1. The maximum absolute atomic E-state index is 12.6. The van der Waals surface area contributed by atoms with Gasteiger partial charge in [0.1, 0.15) is 5.69 Å². The Balaban J connectivity index is 2.01. The Morgan fingerprint density at radius 1 is 1.17 bits per heavy atom. The molecule has 0 spiro atoms. The van der Waals surface area contributed by atoms with Crippen LogP contribution in [0.25, 0.3) is 10.9 Å². The van der Waals surface area contributed by atoms with E-state index >= 15 is 0 Å². The molecular weight excluding hydrogens is 241 g/mol. The standard InChI is InChI=1S/C13H13F3N2/c14-13(15,16)12-6-10-5-8(1-2-11(10)18-12)9-3-4-17-7-9/h1-2,5-6,9,17-18H,3-4,7H2. The number of benzene rings is 1. The van der Waals surface area contributed by atoms with Gasteiger partial charge in [-0.25, -0.2) is 0 Å². The highest BCUT2D eigenvalue weighted by Gasteiger charge is 2.32. The summed E-state index contributed by atoms with van der Waals surface area (Å²) in [7, 11) is 0. The minimum Gasteiger partial charge on any atom is -0.351 e. The van der Waals surface area contributed by atoms with Crippen molar-refractivity contribution < 1.29 is 13.2 Å². The third kappa shape index (κ3) is 1.99. The minimum absolute atomic E-state index is 0.415. The highest BCUT2D eigenvalue weighted by Crippen LogP contribution is 2.32. The Bertz CT molecular complexity index is 565. The Morgan fingerprint density at radius 2 is 2.00 bits per heavy atom. The molecule has 0 radical (unpaired) electrons. The van der Waals surface area contributed by atoms with Gasteiger partial charge in [-0.1, -0.05) is 6.07 Å². The van der Waals surface area contributed by atoms with Crippen molar-refractivity contribution >= 4 is 10.9 Å². The van der Waals surface area contributed by atoms with Crippen molar-refractivity contribution in [3.05, 3.63) is 35.5 Å². The maximum Gasteiger partial charge on any atom is 0.431 e. The zero-order chi connectivity index (χ0) is 12.8. The fourth-order valence-electron chi connectivity index (χ4n) is 2.50. The lowest BCUT2D eigenvalue weighted by molar-refractivity contribution is -0.140. The van der Waals surface area contributed by atoms with Gasteiger partial charge in [0.25, 0.3) is 0 Å². The summed E-state index contributed by atoms with van der Waals surface area (Å²) in [6, 6.07) is 6.69. The first-order valence-corrected chi connectivity index (χ1v) is 5.94. The van der Waals surface area contributed by atoms with Gasteiger partial charge in [-0.2, -0.15) is 13.2 Å². The predicted octanol–water partition coefficient (Wildman–Crippen LogP) is 3.26. The van der Waals surface area contributed by atoms with E-state index in [2.05, 4.69) is 10.3 Å². The summed E-state index contributed by atoms with van der Waals surface area (Å²) in [6.45, 7) is 1.88. The Kier molecular flexibility index (Phi) is 2.59. The molecule has 2 nitrogen and oxygen atoms in total. The van der Waals surface area contributed by atoms with Crippen molar-refractivity contribution in [3.63, 3.8) is 0 Å². The van der Waals surface area contributed by atoms with Crippen molar-refractivity contribution in [1.82, 2.24) is 10.3 Å². The van der Waals surface area contributed by atoms with Crippen LogP contribution in [0.15, 0.2) is 24.3 Å². The van der Waals surface area contributed by atoms with Crippen molar-refractivity contribution in [2.75, 3.05) is 13.1 Å². The number of fused-ring (bicyclic) bond motifs is 1. The number of hydrogen-bond donors (Lipinski definition) is 2. The van der Waals surface area contributed by atoms with Gasteiger partial charge < -0.3 is 10.3 Å². The zero-order valence-corrected chi connectivity index (χ0v) is 9.64. The fourth-order valence-corrected chi connectivity index (χ4v) is 2.50. The number of hydrogen-bond acceptors (Lipinski definition) is 1. The van der Waals surface area contributed by atoms with Crippen LogP contribution in [-0.4, -0.2) is 18.1 Å². The Morgan fingerprint density at radius 3 is 2.67 bits per heavy atom. The zero-order valence-electron chi connectivity index (χ0n) is 9.64. The molecule has 1 saturated heterocycles. The smallest absolute Gasteiger partial charge is 0.351 e. The van der Waals surface area contributed by atoms with Crippen LogP contribution in [0.3, 0.4) is 0 Å². The van der Waals surface area contributed by atoms with Crippen LogP contribution < -0.4 is 5.32 Å². The Hall–Kier alpha value is -1.49. The van der Waals surface area contributed by atoms with Crippen molar-refractivity contribution in [2.45, 2.75) is 18.5 Å². The molecular formula is C13H13F3N2. The molecule has 1 fully saturated rings. The highest BCUT2D eigenvalue weighted by atomic mass is 19.4. The molecule has 18 heavy (non-hydrogen) atoms. The van der Waals surface area contributed by atoms with Gasteiger partial charge >= 0.3 is 6.18 Å². The summed E-state index contributed by atoms with van der Waals surface area (Å²) in [5, 5.41) is 3.89. The first kappa shape index (κ1) is 11.6. The van der Waals surface area contributed by atoms with E-state index in [1.54, 1.807) is 6.07 Å². The molecule has 1 aliphatic rings.